The maximum Gasteiger partial charge on any atom is 0.285 e. The molecule has 0 aromatic heterocycles. The molecule has 0 atom stereocenters. The second-order valence-electron chi connectivity index (χ2n) is 4.92. The number of nitro groups is 1. The Bertz CT molecular complexity index is 823. The lowest BCUT2D eigenvalue weighted by Gasteiger charge is -2.08. The van der Waals surface area contributed by atoms with E-state index in [4.69, 9.17) is 4.74 Å². The highest BCUT2D eigenvalue weighted by Gasteiger charge is 2.24. The second kappa shape index (κ2) is 5.64. The normalized spacial score (nSPS) is 12.4. The maximum absolute atomic E-state index is 13.3. The van der Waals surface area contributed by atoms with E-state index in [0.717, 1.165) is 5.56 Å². The van der Waals surface area contributed by atoms with E-state index >= 15 is 0 Å². The molecule has 0 bridgehead atoms. The summed E-state index contributed by atoms with van der Waals surface area (Å²) in [7, 11) is 0. The van der Waals surface area contributed by atoms with E-state index in [-0.39, 0.29) is 0 Å². The van der Waals surface area contributed by atoms with Crippen molar-refractivity contribution in [2.75, 3.05) is 11.9 Å². The van der Waals surface area contributed by atoms with Crippen LogP contribution in [0.15, 0.2) is 30.3 Å². The lowest BCUT2D eigenvalue weighted by Crippen LogP contribution is -2.15. The monoisotopic (exact) mass is 320 g/mol. The van der Waals surface area contributed by atoms with Gasteiger partial charge in [-0.1, -0.05) is 0 Å². The molecule has 0 unspecified atom stereocenters. The van der Waals surface area contributed by atoms with Gasteiger partial charge in [-0.15, -0.1) is 0 Å². The van der Waals surface area contributed by atoms with Crippen molar-refractivity contribution in [2.24, 2.45) is 0 Å². The third kappa shape index (κ3) is 2.83. The number of hydrogen-bond acceptors (Lipinski definition) is 4. The molecule has 1 aliphatic rings. The number of nitrogens with one attached hydrogen (secondary N) is 1. The van der Waals surface area contributed by atoms with Crippen LogP contribution in [-0.4, -0.2) is 17.4 Å². The molecule has 1 amide bonds. The molecule has 2 aromatic carbocycles. The predicted molar refractivity (Wildman–Crippen MR) is 76.6 cm³/mol. The Labute approximate surface area is 128 Å². The number of hydrogen-bond donors (Lipinski definition) is 1. The smallest absolute Gasteiger partial charge is 0.285 e. The molecule has 0 radical (unpaired) electrons. The summed E-state index contributed by atoms with van der Waals surface area (Å²) in [6, 6.07) is 5.80. The number of ether oxygens (including phenoxy) is 1. The van der Waals surface area contributed by atoms with Crippen LogP contribution < -0.4 is 10.1 Å². The number of rotatable bonds is 3. The van der Waals surface area contributed by atoms with Gasteiger partial charge in [0, 0.05) is 12.1 Å². The van der Waals surface area contributed by atoms with Crippen LogP contribution in [0.4, 0.5) is 20.2 Å². The Morgan fingerprint density at radius 1 is 1.22 bits per heavy atom. The zero-order valence-corrected chi connectivity index (χ0v) is 11.6. The van der Waals surface area contributed by atoms with Crippen molar-refractivity contribution in [2.45, 2.75) is 6.42 Å². The fourth-order valence-electron chi connectivity index (χ4n) is 2.33. The Hall–Kier alpha value is -3.03. The number of benzene rings is 2. The van der Waals surface area contributed by atoms with Gasteiger partial charge in [0.15, 0.2) is 11.6 Å². The number of fused-ring (bicyclic) bond motifs is 1. The largest absolute Gasteiger partial charge is 0.493 e. The van der Waals surface area contributed by atoms with Crippen LogP contribution in [0, 0.1) is 21.7 Å². The fraction of sp³-hybridized carbons (Fsp3) is 0.133. The van der Waals surface area contributed by atoms with Crippen molar-refractivity contribution >= 4 is 17.3 Å². The van der Waals surface area contributed by atoms with Crippen molar-refractivity contribution in [3.63, 3.8) is 0 Å². The molecule has 23 heavy (non-hydrogen) atoms. The summed E-state index contributed by atoms with van der Waals surface area (Å²) in [6.07, 6.45) is 0.685. The van der Waals surface area contributed by atoms with Crippen molar-refractivity contribution in [3.05, 3.63) is 63.2 Å². The first kappa shape index (κ1) is 14.9. The quantitative estimate of drug-likeness (QED) is 0.696. The first-order valence-corrected chi connectivity index (χ1v) is 6.66. The lowest BCUT2D eigenvalue weighted by atomic mass is 10.1. The third-order valence-electron chi connectivity index (χ3n) is 3.43. The Balaban J connectivity index is 1.91. The van der Waals surface area contributed by atoms with Gasteiger partial charge in [-0.25, -0.2) is 8.78 Å². The molecule has 1 heterocycles. The summed E-state index contributed by atoms with van der Waals surface area (Å²) in [5.41, 5.74) is -0.0718. The van der Waals surface area contributed by atoms with Crippen LogP contribution in [0.3, 0.4) is 0 Å². The van der Waals surface area contributed by atoms with Gasteiger partial charge < -0.3 is 10.1 Å². The van der Waals surface area contributed by atoms with Crippen molar-refractivity contribution < 1.29 is 23.2 Å². The molecule has 6 nitrogen and oxygen atoms in total. The number of amides is 1. The topological polar surface area (TPSA) is 81.5 Å². The fourth-order valence-corrected chi connectivity index (χ4v) is 2.33. The molecule has 3 rings (SSSR count). The highest BCUT2D eigenvalue weighted by atomic mass is 19.2. The predicted octanol–water partition coefficient (Wildman–Crippen LogP) is 3.06. The Morgan fingerprint density at radius 3 is 2.70 bits per heavy atom. The Morgan fingerprint density at radius 2 is 1.96 bits per heavy atom. The minimum absolute atomic E-state index is 0.387. The summed E-state index contributed by atoms with van der Waals surface area (Å²) < 4.78 is 31.8. The first-order valence-electron chi connectivity index (χ1n) is 6.66. The molecule has 2 aromatic rings. The molecular weight excluding hydrogens is 310 g/mol. The van der Waals surface area contributed by atoms with Crippen molar-refractivity contribution in [1.82, 2.24) is 0 Å². The molecule has 0 saturated carbocycles. The first-order chi connectivity index (χ1) is 11.0. The Kier molecular flexibility index (Phi) is 3.65. The van der Waals surface area contributed by atoms with E-state index in [1.165, 1.54) is 0 Å². The van der Waals surface area contributed by atoms with Crippen LogP contribution in [0.5, 0.6) is 5.75 Å². The highest BCUT2D eigenvalue weighted by Crippen LogP contribution is 2.29. The molecule has 0 spiro atoms. The average Bonchev–Trinajstić information content (AvgIpc) is 2.96. The number of halogens is 2. The van der Waals surface area contributed by atoms with E-state index in [1.54, 1.807) is 18.2 Å². The summed E-state index contributed by atoms with van der Waals surface area (Å²) in [4.78, 5) is 22.1. The van der Waals surface area contributed by atoms with Crippen LogP contribution in [-0.2, 0) is 6.42 Å². The van der Waals surface area contributed by atoms with Gasteiger partial charge in [0.2, 0.25) is 0 Å². The number of anilines is 1. The van der Waals surface area contributed by atoms with Gasteiger partial charge in [0.05, 0.1) is 17.6 Å². The molecule has 0 saturated heterocycles. The van der Waals surface area contributed by atoms with E-state index in [2.05, 4.69) is 5.32 Å². The van der Waals surface area contributed by atoms with Crippen LogP contribution in [0.2, 0.25) is 0 Å². The summed E-state index contributed by atoms with van der Waals surface area (Å²) in [5.74, 6) is -2.90. The standard InChI is InChI=1S/C15H10F2N2O4/c16-11-6-10(13(19(21)22)7-12(11)17)15(20)18-9-1-2-14-8(5-9)3-4-23-14/h1-2,5-7H,3-4H2,(H,18,20). The zero-order valence-electron chi connectivity index (χ0n) is 11.6. The van der Waals surface area contributed by atoms with Crippen LogP contribution >= 0.6 is 0 Å². The molecule has 0 aliphatic carbocycles. The molecule has 1 aliphatic heterocycles. The summed E-state index contributed by atoms with van der Waals surface area (Å²) in [5, 5.41) is 13.4. The van der Waals surface area contributed by atoms with E-state index < -0.39 is 33.7 Å². The maximum atomic E-state index is 13.3. The minimum Gasteiger partial charge on any atom is -0.493 e. The molecule has 1 N–H and O–H groups in total. The van der Waals surface area contributed by atoms with Gasteiger partial charge in [0.25, 0.3) is 11.6 Å². The van der Waals surface area contributed by atoms with Gasteiger partial charge in [-0.2, -0.15) is 0 Å². The van der Waals surface area contributed by atoms with E-state index in [9.17, 15) is 23.7 Å². The van der Waals surface area contributed by atoms with E-state index in [0.29, 0.717) is 36.6 Å². The zero-order chi connectivity index (χ0) is 16.6. The van der Waals surface area contributed by atoms with Crippen molar-refractivity contribution in [3.8, 4) is 5.75 Å². The van der Waals surface area contributed by atoms with Crippen LogP contribution in [0.1, 0.15) is 15.9 Å². The molecular formula is C15H10F2N2O4. The minimum atomic E-state index is -1.39. The molecule has 0 fully saturated rings. The second-order valence-corrected chi connectivity index (χ2v) is 4.92. The average molecular weight is 320 g/mol. The van der Waals surface area contributed by atoms with E-state index in [1.807, 2.05) is 0 Å². The number of nitrogens with zero attached hydrogens (tertiary/aromatic N) is 1. The summed E-state index contributed by atoms with van der Waals surface area (Å²) >= 11 is 0. The molecule has 118 valence electrons. The highest BCUT2D eigenvalue weighted by molar-refractivity contribution is 6.07. The number of carbonyl (C=O) groups excluding carboxylic acids is 1. The number of nitro benzene ring substituents is 1. The lowest BCUT2D eigenvalue weighted by molar-refractivity contribution is -0.385. The number of carbonyl (C=O) groups is 1. The van der Waals surface area contributed by atoms with Gasteiger partial charge in [-0.3, -0.25) is 14.9 Å². The van der Waals surface area contributed by atoms with Crippen molar-refractivity contribution in [1.29, 1.82) is 0 Å². The van der Waals surface area contributed by atoms with Gasteiger partial charge >= 0.3 is 0 Å². The third-order valence-corrected chi connectivity index (χ3v) is 3.43. The summed E-state index contributed by atoms with van der Waals surface area (Å²) in [6.45, 7) is 0.543. The van der Waals surface area contributed by atoms with Gasteiger partial charge in [0.1, 0.15) is 11.3 Å². The SMILES string of the molecule is O=C(Nc1ccc2c(c1)CCO2)c1cc(F)c(F)cc1[N+](=O)[O-]. The molecule has 8 heteroatoms. The van der Waals surface area contributed by atoms with Gasteiger partial charge in [-0.05, 0) is 29.8 Å². The van der Waals surface area contributed by atoms with Crippen LogP contribution in [0.25, 0.3) is 0 Å².